The van der Waals surface area contributed by atoms with E-state index in [2.05, 4.69) is 22.1 Å². The van der Waals surface area contributed by atoms with Crippen LogP contribution in [0.4, 0.5) is 0 Å². The summed E-state index contributed by atoms with van der Waals surface area (Å²) in [5, 5.41) is 31.7. The van der Waals surface area contributed by atoms with Crippen molar-refractivity contribution in [3.05, 3.63) is 156 Å². The van der Waals surface area contributed by atoms with Gasteiger partial charge in [0.15, 0.2) is 0 Å². The number of aromatic nitrogens is 5. The maximum atomic E-state index is 10.2. The Hall–Kier alpha value is -7.71. The average molecular weight is 714 g/mol. The Morgan fingerprint density at radius 2 is 0.727 bits per heavy atom. The molecule has 2 aliphatic heterocycles. The fourth-order valence-electron chi connectivity index (χ4n) is 7.48. The lowest BCUT2D eigenvalue weighted by Crippen LogP contribution is -1.91. The summed E-state index contributed by atoms with van der Waals surface area (Å²) >= 11 is 0. The van der Waals surface area contributed by atoms with Gasteiger partial charge in [0.2, 0.25) is 0 Å². The Bertz CT molecular complexity index is 3000. The van der Waals surface area contributed by atoms with Crippen LogP contribution in [0.15, 0.2) is 133 Å². The second-order valence-corrected chi connectivity index (χ2v) is 13.5. The van der Waals surface area contributed by atoms with Crippen LogP contribution in [-0.2, 0) is 0 Å². The molecule has 0 atom stereocenters. The summed E-state index contributed by atoms with van der Waals surface area (Å²) in [6.45, 7) is 0. The fraction of sp³-hybridized carbons (Fsp3) is 0. The van der Waals surface area contributed by atoms with Crippen LogP contribution in [0, 0.1) is 0 Å². The number of hydrogen-bond acceptors (Lipinski definition) is 6. The van der Waals surface area contributed by atoms with E-state index in [-0.39, 0.29) is 17.2 Å². The predicted molar refractivity (Wildman–Crippen MR) is 221 cm³/mol. The zero-order chi connectivity index (χ0) is 37.0. The van der Waals surface area contributed by atoms with E-state index < -0.39 is 0 Å². The monoisotopic (exact) mass is 713 g/mol. The molecule has 0 saturated carbocycles. The number of nitrogens with one attached hydrogen (secondary N) is 2. The van der Waals surface area contributed by atoms with Gasteiger partial charge in [-0.05, 0) is 114 Å². The second kappa shape index (κ2) is 12.8. The molecular formula is C47H31N5O3. The second-order valence-electron chi connectivity index (χ2n) is 13.5. The zero-order valence-electron chi connectivity index (χ0n) is 29.2. The summed E-state index contributed by atoms with van der Waals surface area (Å²) in [5.41, 5.74) is 13.9. The Labute approximate surface area is 314 Å². The topological polar surface area (TPSA) is 131 Å². The summed E-state index contributed by atoms with van der Waals surface area (Å²) in [5.74, 6) is 0.513. The summed E-state index contributed by atoms with van der Waals surface area (Å²) in [7, 11) is 0. The molecule has 0 amide bonds. The van der Waals surface area contributed by atoms with Gasteiger partial charge in [-0.25, -0.2) is 15.0 Å². The number of pyridine rings is 1. The first-order chi connectivity index (χ1) is 26.9. The number of H-pyrrole nitrogens is 2. The molecule has 0 aliphatic carbocycles. The molecule has 0 unspecified atom stereocenters. The molecule has 0 spiro atoms. The zero-order valence-corrected chi connectivity index (χ0v) is 29.2. The number of aromatic amines is 2. The summed E-state index contributed by atoms with van der Waals surface area (Å²) in [6, 6.07) is 41.7. The van der Waals surface area contributed by atoms with Crippen LogP contribution in [0.1, 0.15) is 22.8 Å². The summed E-state index contributed by atoms with van der Waals surface area (Å²) in [4.78, 5) is 23.1. The van der Waals surface area contributed by atoms with Gasteiger partial charge in [0.25, 0.3) is 0 Å². The molecule has 8 heteroatoms. The number of benzene rings is 4. The first-order valence-corrected chi connectivity index (χ1v) is 17.9. The highest BCUT2D eigenvalue weighted by Crippen LogP contribution is 2.39. The molecule has 5 N–H and O–H groups in total. The van der Waals surface area contributed by atoms with E-state index in [1.807, 2.05) is 109 Å². The molecule has 10 rings (SSSR count). The minimum atomic E-state index is 0.169. The van der Waals surface area contributed by atoms with Crippen molar-refractivity contribution in [2.45, 2.75) is 0 Å². The van der Waals surface area contributed by atoms with Crippen molar-refractivity contribution in [2.75, 3.05) is 0 Å². The van der Waals surface area contributed by atoms with E-state index in [4.69, 9.17) is 15.0 Å². The number of aromatic hydroxyl groups is 3. The number of nitrogens with zero attached hydrogens (tertiary/aromatic N) is 3. The maximum absolute atomic E-state index is 10.2. The molecule has 0 saturated heterocycles. The molecule has 0 fully saturated rings. The van der Waals surface area contributed by atoms with Gasteiger partial charge >= 0.3 is 0 Å². The number of phenolic OH excluding ortho intramolecular Hbond substituents is 3. The molecule has 2 aliphatic rings. The van der Waals surface area contributed by atoms with Gasteiger partial charge in [0.05, 0.1) is 39.5 Å². The van der Waals surface area contributed by atoms with E-state index in [0.717, 1.165) is 100 Å². The van der Waals surface area contributed by atoms with Crippen molar-refractivity contribution in [1.29, 1.82) is 0 Å². The van der Waals surface area contributed by atoms with Crippen molar-refractivity contribution in [1.82, 2.24) is 24.9 Å². The molecular weight excluding hydrogens is 683 g/mol. The van der Waals surface area contributed by atoms with Crippen LogP contribution in [0.3, 0.4) is 0 Å². The number of hydrogen-bond donors (Lipinski definition) is 5. The molecule has 0 radical (unpaired) electrons. The van der Waals surface area contributed by atoms with E-state index >= 15 is 0 Å². The van der Waals surface area contributed by atoms with Crippen molar-refractivity contribution in [3.8, 4) is 61.9 Å². The quantitative estimate of drug-likeness (QED) is 0.123. The standard InChI is InChI=1S/C47H31N5O3/c53-31-12-5-28(6-13-31)44-35-19-21-37(49-35)45(29-7-14-32(54)15-8-29)39-23-25-42(51-39)47(41-18-11-27-3-1-2-4-34(27)48-41)43-26-24-40(52-43)46(38-22-20-36(44)50-38)30-9-16-33(55)17-10-30/h1-26,49,52-55H. The van der Waals surface area contributed by atoms with Gasteiger partial charge in [-0.1, -0.05) is 60.7 Å². The summed E-state index contributed by atoms with van der Waals surface area (Å²) in [6.07, 6.45) is 8.05. The Morgan fingerprint density at radius 3 is 1.16 bits per heavy atom. The number of para-hydroxylation sites is 1. The van der Waals surface area contributed by atoms with Gasteiger partial charge in [0.1, 0.15) is 17.2 Å². The molecule has 8 aromatic rings. The first-order valence-electron chi connectivity index (χ1n) is 17.9. The minimum absolute atomic E-state index is 0.169. The molecule has 8 bridgehead atoms. The lowest BCUT2D eigenvalue weighted by molar-refractivity contribution is 0.475. The lowest BCUT2D eigenvalue weighted by atomic mass is 10.0. The highest BCUT2D eigenvalue weighted by atomic mass is 16.3. The number of fused-ring (bicyclic) bond motifs is 9. The van der Waals surface area contributed by atoms with Gasteiger partial charge in [-0.2, -0.15) is 0 Å². The van der Waals surface area contributed by atoms with Crippen LogP contribution in [-0.4, -0.2) is 40.2 Å². The predicted octanol–water partition coefficient (Wildman–Crippen LogP) is 11.0. The lowest BCUT2D eigenvalue weighted by Gasteiger charge is -2.07. The fourth-order valence-corrected chi connectivity index (χ4v) is 7.48. The SMILES string of the molecule is Oc1ccc(-c2c3nc(c(-c4ccc(O)cc4)c4ccc([nH]4)c(-c4ccc5ccccc5n4)c4nc(c(-c5ccc(O)cc5)c5ccc2[nH]5)C=C4)C=C3)cc1. The van der Waals surface area contributed by atoms with Crippen LogP contribution in [0.2, 0.25) is 0 Å². The molecule has 262 valence electrons. The van der Waals surface area contributed by atoms with Crippen molar-refractivity contribution >= 4 is 57.3 Å². The summed E-state index contributed by atoms with van der Waals surface area (Å²) < 4.78 is 0. The molecule has 4 aromatic carbocycles. The number of phenols is 3. The Balaban J connectivity index is 1.38. The van der Waals surface area contributed by atoms with Gasteiger partial charge in [-0.15, -0.1) is 0 Å². The molecule has 4 aromatic heterocycles. The third kappa shape index (κ3) is 5.69. The average Bonchev–Trinajstić information content (AvgIpc) is 4.05. The van der Waals surface area contributed by atoms with Crippen molar-refractivity contribution in [3.63, 3.8) is 0 Å². The van der Waals surface area contributed by atoms with E-state index in [0.29, 0.717) is 0 Å². The van der Waals surface area contributed by atoms with Crippen LogP contribution in [0.25, 0.3) is 102 Å². The third-order valence-electron chi connectivity index (χ3n) is 10.1. The van der Waals surface area contributed by atoms with Crippen molar-refractivity contribution < 1.29 is 15.3 Å². The first kappa shape index (κ1) is 32.0. The van der Waals surface area contributed by atoms with Crippen LogP contribution < -0.4 is 0 Å². The van der Waals surface area contributed by atoms with E-state index in [1.54, 1.807) is 36.4 Å². The molecule has 6 heterocycles. The normalized spacial score (nSPS) is 12.1. The molecule has 8 nitrogen and oxygen atoms in total. The van der Waals surface area contributed by atoms with Crippen LogP contribution in [0.5, 0.6) is 17.2 Å². The Morgan fingerprint density at radius 1 is 0.345 bits per heavy atom. The largest absolute Gasteiger partial charge is 0.508 e. The third-order valence-corrected chi connectivity index (χ3v) is 10.1. The van der Waals surface area contributed by atoms with Gasteiger partial charge in [0, 0.05) is 44.2 Å². The highest BCUT2D eigenvalue weighted by Gasteiger charge is 2.19. The van der Waals surface area contributed by atoms with E-state index in [9.17, 15) is 15.3 Å². The maximum Gasteiger partial charge on any atom is 0.115 e. The Kier molecular flexibility index (Phi) is 7.41. The highest BCUT2D eigenvalue weighted by molar-refractivity contribution is 6.00. The smallest absolute Gasteiger partial charge is 0.115 e. The van der Waals surface area contributed by atoms with E-state index in [1.165, 1.54) is 0 Å². The van der Waals surface area contributed by atoms with Gasteiger partial charge < -0.3 is 25.3 Å². The minimum Gasteiger partial charge on any atom is -0.508 e. The van der Waals surface area contributed by atoms with Gasteiger partial charge in [-0.3, -0.25) is 0 Å². The number of rotatable bonds is 4. The van der Waals surface area contributed by atoms with Crippen molar-refractivity contribution in [2.24, 2.45) is 0 Å². The molecule has 55 heavy (non-hydrogen) atoms. The van der Waals surface area contributed by atoms with Crippen LogP contribution >= 0.6 is 0 Å².